The van der Waals surface area contributed by atoms with Gasteiger partial charge in [-0.2, -0.15) is 0 Å². The van der Waals surface area contributed by atoms with Gasteiger partial charge in [-0.1, -0.05) is 52.7 Å². The Balaban J connectivity index is 2.51. The molecule has 1 aromatic heterocycles. The van der Waals surface area contributed by atoms with Crippen LogP contribution in [0.1, 0.15) is 12.5 Å². The number of allylic oxidation sites excluding steroid dienone is 3. The Morgan fingerprint density at radius 1 is 1.65 bits per heavy atom. The molecule has 1 aliphatic carbocycles. The molecule has 2 atom stereocenters. The number of carbonyl (C=O) groups is 1. The van der Waals surface area contributed by atoms with E-state index in [1.54, 1.807) is 12.2 Å². The highest BCUT2D eigenvalue weighted by Crippen LogP contribution is 2.42. The highest BCUT2D eigenvalue weighted by molar-refractivity contribution is 9.11. The molecule has 0 bridgehead atoms. The number of carboxylic acid groups (broad SMARTS) is 1. The number of halogens is 2. The van der Waals surface area contributed by atoms with Crippen molar-refractivity contribution in [2.75, 3.05) is 0 Å². The van der Waals surface area contributed by atoms with Crippen LogP contribution in [0.15, 0.2) is 34.2 Å². The van der Waals surface area contributed by atoms with Crippen LogP contribution in [0.5, 0.6) is 0 Å². The highest BCUT2D eigenvalue weighted by atomic mass is 79.9. The van der Waals surface area contributed by atoms with Gasteiger partial charge in [-0.15, -0.1) is 11.3 Å². The molecule has 1 aromatic rings. The van der Waals surface area contributed by atoms with Gasteiger partial charge in [0.1, 0.15) is 0 Å². The van der Waals surface area contributed by atoms with Crippen LogP contribution < -0.4 is 0 Å². The SMILES string of the molecule is CC1(c2csc(Cl)c2)C=C(Br)C=CC1C(=O)O. The van der Waals surface area contributed by atoms with E-state index in [0.717, 1.165) is 10.0 Å². The van der Waals surface area contributed by atoms with Crippen LogP contribution in [0.25, 0.3) is 0 Å². The summed E-state index contributed by atoms with van der Waals surface area (Å²) < 4.78 is 1.56. The summed E-state index contributed by atoms with van der Waals surface area (Å²) in [5.74, 6) is -1.41. The summed E-state index contributed by atoms with van der Waals surface area (Å²) >= 11 is 10.7. The standard InChI is InChI=1S/C12H10BrClO2S/c1-12(7-4-10(14)17-6-7)5-8(13)2-3-9(12)11(15)16/h2-6,9H,1H3,(H,15,16). The Morgan fingerprint density at radius 3 is 2.88 bits per heavy atom. The van der Waals surface area contributed by atoms with Crippen molar-refractivity contribution in [1.29, 1.82) is 0 Å². The number of aliphatic carboxylic acids is 1. The van der Waals surface area contributed by atoms with Gasteiger partial charge in [0.05, 0.1) is 10.3 Å². The molecule has 1 heterocycles. The molecular weight excluding hydrogens is 324 g/mol. The molecule has 0 radical (unpaired) electrons. The Bertz CT molecular complexity index is 520. The molecule has 0 aliphatic heterocycles. The van der Waals surface area contributed by atoms with E-state index >= 15 is 0 Å². The number of hydrogen-bond acceptors (Lipinski definition) is 2. The van der Waals surface area contributed by atoms with E-state index in [2.05, 4.69) is 15.9 Å². The van der Waals surface area contributed by atoms with Crippen molar-refractivity contribution in [2.45, 2.75) is 12.3 Å². The molecule has 17 heavy (non-hydrogen) atoms. The zero-order chi connectivity index (χ0) is 12.6. The quantitative estimate of drug-likeness (QED) is 0.880. The largest absolute Gasteiger partial charge is 0.481 e. The predicted molar refractivity (Wildman–Crippen MR) is 74.0 cm³/mol. The molecule has 1 N–H and O–H groups in total. The topological polar surface area (TPSA) is 37.3 Å². The smallest absolute Gasteiger partial charge is 0.311 e. The maximum atomic E-state index is 11.3. The van der Waals surface area contributed by atoms with Gasteiger partial charge < -0.3 is 5.11 Å². The Kier molecular flexibility index (Phi) is 3.48. The lowest BCUT2D eigenvalue weighted by Gasteiger charge is -2.32. The number of hydrogen-bond donors (Lipinski definition) is 1. The van der Waals surface area contributed by atoms with Crippen molar-refractivity contribution in [3.63, 3.8) is 0 Å². The van der Waals surface area contributed by atoms with Crippen molar-refractivity contribution in [1.82, 2.24) is 0 Å². The fraction of sp³-hybridized carbons (Fsp3) is 0.250. The van der Waals surface area contributed by atoms with Gasteiger partial charge in [-0.3, -0.25) is 4.79 Å². The molecule has 0 aromatic carbocycles. The fourth-order valence-electron chi connectivity index (χ4n) is 2.01. The van der Waals surface area contributed by atoms with Crippen molar-refractivity contribution in [3.8, 4) is 0 Å². The third-order valence-electron chi connectivity index (χ3n) is 2.99. The average molecular weight is 334 g/mol. The van der Waals surface area contributed by atoms with Gasteiger partial charge >= 0.3 is 5.97 Å². The minimum absolute atomic E-state index is 0.566. The molecule has 0 saturated carbocycles. The first kappa shape index (κ1) is 12.9. The monoisotopic (exact) mass is 332 g/mol. The van der Waals surface area contributed by atoms with Gasteiger partial charge in [-0.25, -0.2) is 0 Å². The summed E-state index contributed by atoms with van der Waals surface area (Å²) in [4.78, 5) is 11.3. The Morgan fingerprint density at radius 2 is 2.35 bits per heavy atom. The van der Waals surface area contributed by atoms with E-state index in [-0.39, 0.29) is 0 Å². The van der Waals surface area contributed by atoms with Crippen LogP contribution in [0.2, 0.25) is 4.34 Å². The molecule has 2 rings (SSSR count). The highest BCUT2D eigenvalue weighted by Gasteiger charge is 2.39. The summed E-state index contributed by atoms with van der Waals surface area (Å²) in [6, 6.07) is 1.83. The van der Waals surface area contributed by atoms with Gasteiger partial charge in [0.25, 0.3) is 0 Å². The maximum Gasteiger partial charge on any atom is 0.311 e. The van der Waals surface area contributed by atoms with Crippen LogP contribution in [-0.4, -0.2) is 11.1 Å². The van der Waals surface area contributed by atoms with Crippen LogP contribution in [-0.2, 0) is 10.2 Å². The second-order valence-electron chi connectivity index (χ2n) is 4.13. The summed E-state index contributed by atoms with van der Waals surface area (Å²) in [7, 11) is 0. The minimum Gasteiger partial charge on any atom is -0.481 e. The summed E-state index contributed by atoms with van der Waals surface area (Å²) in [6.45, 7) is 1.91. The van der Waals surface area contributed by atoms with Gasteiger partial charge in [0, 0.05) is 9.90 Å². The van der Waals surface area contributed by atoms with Gasteiger partial charge in [0.2, 0.25) is 0 Å². The molecule has 0 spiro atoms. The van der Waals surface area contributed by atoms with E-state index < -0.39 is 17.3 Å². The van der Waals surface area contributed by atoms with E-state index in [4.69, 9.17) is 11.6 Å². The minimum atomic E-state index is -0.831. The van der Waals surface area contributed by atoms with Crippen molar-refractivity contribution in [3.05, 3.63) is 44.1 Å². The van der Waals surface area contributed by atoms with E-state index in [9.17, 15) is 9.90 Å². The van der Waals surface area contributed by atoms with Crippen LogP contribution >= 0.6 is 38.9 Å². The van der Waals surface area contributed by atoms with Crippen molar-refractivity contribution in [2.24, 2.45) is 5.92 Å². The molecule has 5 heteroatoms. The van der Waals surface area contributed by atoms with Gasteiger partial charge in [-0.05, 0) is 17.0 Å². The van der Waals surface area contributed by atoms with Gasteiger partial charge in [0.15, 0.2) is 0 Å². The molecular formula is C12H10BrClO2S. The number of thiophene rings is 1. The lowest BCUT2D eigenvalue weighted by molar-refractivity contribution is -0.141. The number of rotatable bonds is 2. The molecule has 2 unspecified atom stereocenters. The third-order valence-corrected chi connectivity index (χ3v) is 4.57. The van der Waals surface area contributed by atoms with E-state index in [1.807, 2.05) is 24.4 Å². The first-order valence-electron chi connectivity index (χ1n) is 4.97. The second-order valence-corrected chi connectivity index (χ2v) is 6.58. The fourth-order valence-corrected chi connectivity index (χ4v) is 3.64. The maximum absolute atomic E-state index is 11.3. The first-order valence-corrected chi connectivity index (χ1v) is 7.02. The number of carboxylic acids is 1. The third kappa shape index (κ3) is 2.34. The van der Waals surface area contributed by atoms with Crippen molar-refractivity contribution < 1.29 is 9.90 Å². The summed E-state index contributed by atoms with van der Waals surface area (Å²) in [6.07, 6.45) is 5.40. The van der Waals surface area contributed by atoms with Crippen LogP contribution in [0, 0.1) is 5.92 Å². The molecule has 0 amide bonds. The molecule has 1 aliphatic rings. The first-order chi connectivity index (χ1) is 7.93. The summed E-state index contributed by atoms with van der Waals surface area (Å²) in [5, 5.41) is 11.2. The van der Waals surface area contributed by atoms with Crippen LogP contribution in [0.3, 0.4) is 0 Å². The molecule has 90 valence electrons. The Labute approximate surface area is 117 Å². The van der Waals surface area contributed by atoms with Crippen LogP contribution in [0.4, 0.5) is 0 Å². The van der Waals surface area contributed by atoms with Crippen molar-refractivity contribution >= 4 is 44.8 Å². The molecule has 0 saturated heterocycles. The van der Waals surface area contributed by atoms with E-state index in [0.29, 0.717) is 4.34 Å². The predicted octanol–water partition coefficient (Wildman–Crippen LogP) is 4.21. The lowest BCUT2D eigenvalue weighted by atomic mass is 9.70. The zero-order valence-corrected chi connectivity index (χ0v) is 12.1. The lowest BCUT2D eigenvalue weighted by Crippen LogP contribution is -2.35. The average Bonchev–Trinajstić information content (AvgIpc) is 2.64. The Hall–Kier alpha value is -0.580. The van der Waals surface area contributed by atoms with E-state index in [1.165, 1.54) is 11.3 Å². The second kappa shape index (κ2) is 4.59. The normalized spacial score (nSPS) is 27.9. The zero-order valence-electron chi connectivity index (χ0n) is 8.98. The molecule has 0 fully saturated rings. The molecule has 2 nitrogen and oxygen atoms in total. The summed E-state index contributed by atoms with van der Waals surface area (Å²) in [5.41, 5.74) is 0.365.